The van der Waals surface area contributed by atoms with Crippen molar-refractivity contribution in [1.29, 1.82) is 0 Å². The number of rotatable bonds is 6. The molecule has 1 aromatic heterocycles. The van der Waals surface area contributed by atoms with Gasteiger partial charge in [0.1, 0.15) is 23.0 Å². The van der Waals surface area contributed by atoms with E-state index in [0.717, 1.165) is 4.57 Å². The Morgan fingerprint density at radius 2 is 1.79 bits per heavy atom. The molecule has 0 atom stereocenters. The van der Waals surface area contributed by atoms with Crippen molar-refractivity contribution in [3.05, 3.63) is 117 Å². The molecule has 0 saturated carbocycles. The molecule has 1 heterocycles. The molecule has 0 bridgehead atoms. The monoisotopic (exact) mass is 460 g/mol. The molecule has 9 heteroatoms. The van der Waals surface area contributed by atoms with Gasteiger partial charge in [0.2, 0.25) is 5.88 Å². The van der Waals surface area contributed by atoms with Gasteiger partial charge in [-0.3, -0.25) is 14.8 Å². The molecule has 172 valence electrons. The summed E-state index contributed by atoms with van der Waals surface area (Å²) in [5, 5.41) is 14.1. The second kappa shape index (κ2) is 9.86. The summed E-state index contributed by atoms with van der Waals surface area (Å²) in [6, 6.07) is 21.2. The Hall–Kier alpha value is -4.66. The van der Waals surface area contributed by atoms with Gasteiger partial charge in [-0.05, 0) is 54.1 Å². The van der Waals surface area contributed by atoms with E-state index in [1.54, 1.807) is 60.7 Å². The Balaban J connectivity index is 1.85. The number of H-pyrrole nitrogens is 1. The van der Waals surface area contributed by atoms with Crippen molar-refractivity contribution in [3.63, 3.8) is 0 Å². The molecule has 0 amide bonds. The summed E-state index contributed by atoms with van der Waals surface area (Å²) in [7, 11) is 1.51. The molecule has 0 aliphatic carbocycles. The van der Waals surface area contributed by atoms with Gasteiger partial charge in [-0.25, -0.2) is 13.8 Å². The van der Waals surface area contributed by atoms with Crippen molar-refractivity contribution < 1.29 is 14.2 Å². The minimum absolute atomic E-state index is 0.0106. The summed E-state index contributed by atoms with van der Waals surface area (Å²) < 4.78 is 19.7. The molecule has 3 N–H and O–H groups in total. The number of hydrogen-bond acceptors (Lipinski definition) is 5. The average Bonchev–Trinajstić information content (AvgIpc) is 2.83. The lowest BCUT2D eigenvalue weighted by Gasteiger charge is -2.15. The number of aliphatic imine (C=N–C) groups is 1. The molecule has 0 unspecified atom stereocenters. The van der Waals surface area contributed by atoms with Crippen LogP contribution in [0.5, 0.6) is 11.6 Å². The van der Waals surface area contributed by atoms with Gasteiger partial charge in [0.05, 0.1) is 19.3 Å². The Kier molecular flexibility index (Phi) is 6.54. The number of anilines is 1. The number of amidine groups is 1. The van der Waals surface area contributed by atoms with Crippen molar-refractivity contribution in [2.75, 3.05) is 12.4 Å². The zero-order valence-electron chi connectivity index (χ0n) is 18.2. The van der Waals surface area contributed by atoms with E-state index in [-0.39, 0.29) is 17.9 Å². The molecule has 4 rings (SSSR count). The van der Waals surface area contributed by atoms with E-state index in [0.29, 0.717) is 22.7 Å². The first-order chi connectivity index (χ1) is 16.5. The van der Waals surface area contributed by atoms with E-state index in [2.05, 4.69) is 15.3 Å². The summed E-state index contributed by atoms with van der Waals surface area (Å²) in [6.45, 7) is 0.0213. The van der Waals surface area contributed by atoms with Gasteiger partial charge in [-0.2, -0.15) is 0 Å². The van der Waals surface area contributed by atoms with Crippen LogP contribution in [-0.4, -0.2) is 27.6 Å². The molecule has 0 aliphatic heterocycles. The third-order valence-electron chi connectivity index (χ3n) is 5.00. The molecule has 0 spiro atoms. The molecule has 34 heavy (non-hydrogen) atoms. The quantitative estimate of drug-likeness (QED) is 0.302. The fourth-order valence-corrected chi connectivity index (χ4v) is 3.35. The lowest BCUT2D eigenvalue weighted by atomic mass is 10.2. The Morgan fingerprint density at radius 3 is 2.47 bits per heavy atom. The summed E-state index contributed by atoms with van der Waals surface area (Å²) in [6.07, 6.45) is 0. The number of para-hydroxylation sites is 1. The van der Waals surface area contributed by atoms with Gasteiger partial charge in [-0.1, -0.05) is 30.3 Å². The van der Waals surface area contributed by atoms with Gasteiger partial charge in [0, 0.05) is 5.69 Å². The molecule has 0 radical (unpaired) electrons. The van der Waals surface area contributed by atoms with Crippen LogP contribution in [0.15, 0.2) is 93.4 Å². The normalized spacial score (nSPS) is 11.3. The van der Waals surface area contributed by atoms with Gasteiger partial charge in [0.15, 0.2) is 0 Å². The topological polar surface area (TPSA) is 109 Å². The molecular formula is C25H21FN4O4. The smallest absolute Gasteiger partial charge is 0.335 e. The minimum Gasteiger partial charge on any atom is -0.497 e. The number of aromatic nitrogens is 2. The van der Waals surface area contributed by atoms with E-state index in [4.69, 9.17) is 4.74 Å². The molecule has 0 saturated heterocycles. The maximum Gasteiger partial charge on any atom is 0.335 e. The fraction of sp³-hybridized carbons (Fsp3) is 0.0800. The third kappa shape index (κ3) is 4.88. The van der Waals surface area contributed by atoms with Crippen LogP contribution in [0.25, 0.3) is 5.69 Å². The lowest BCUT2D eigenvalue weighted by molar-refractivity contribution is 0.414. The van der Waals surface area contributed by atoms with Gasteiger partial charge in [-0.15, -0.1) is 0 Å². The summed E-state index contributed by atoms with van der Waals surface area (Å²) in [5.74, 6) is -0.445. The van der Waals surface area contributed by atoms with Crippen molar-refractivity contribution in [2.45, 2.75) is 6.54 Å². The second-order valence-corrected chi connectivity index (χ2v) is 7.28. The zero-order chi connectivity index (χ0) is 24.1. The molecular weight excluding hydrogens is 439 g/mol. The van der Waals surface area contributed by atoms with Crippen LogP contribution in [0.3, 0.4) is 0 Å². The number of benzene rings is 3. The first-order valence-corrected chi connectivity index (χ1v) is 10.3. The van der Waals surface area contributed by atoms with Crippen LogP contribution >= 0.6 is 0 Å². The predicted molar refractivity (Wildman–Crippen MR) is 128 cm³/mol. The number of hydrogen-bond donors (Lipinski definition) is 3. The zero-order valence-corrected chi connectivity index (χ0v) is 18.2. The SMILES string of the molecule is COc1ccc(-n2c(O)c(C(=NCc3cccc(F)c3)Nc3ccccc3)c(=O)[nH]c2=O)cc1. The number of nitrogens with one attached hydrogen (secondary N) is 2. The Bertz CT molecular complexity index is 1440. The minimum atomic E-state index is -0.825. The average molecular weight is 460 g/mol. The summed E-state index contributed by atoms with van der Waals surface area (Å²) in [4.78, 5) is 32.1. The number of aromatic hydroxyl groups is 1. The highest BCUT2D eigenvalue weighted by molar-refractivity contribution is 6.09. The van der Waals surface area contributed by atoms with Gasteiger partial charge < -0.3 is 15.2 Å². The van der Waals surface area contributed by atoms with E-state index in [1.807, 2.05) is 6.07 Å². The van der Waals surface area contributed by atoms with Crippen LogP contribution in [0.2, 0.25) is 0 Å². The Labute approximate surface area is 193 Å². The van der Waals surface area contributed by atoms with Gasteiger partial charge >= 0.3 is 5.69 Å². The highest BCUT2D eigenvalue weighted by atomic mass is 19.1. The molecule has 3 aromatic carbocycles. The van der Waals surface area contributed by atoms with Gasteiger partial charge in [0.25, 0.3) is 5.56 Å². The van der Waals surface area contributed by atoms with E-state index >= 15 is 0 Å². The highest BCUT2D eigenvalue weighted by Crippen LogP contribution is 2.21. The van der Waals surface area contributed by atoms with Crippen LogP contribution in [0.4, 0.5) is 10.1 Å². The summed E-state index contributed by atoms with van der Waals surface area (Å²) in [5.41, 5.74) is -0.414. The third-order valence-corrected chi connectivity index (χ3v) is 5.00. The largest absolute Gasteiger partial charge is 0.497 e. The van der Waals surface area contributed by atoms with E-state index in [9.17, 15) is 19.1 Å². The maximum absolute atomic E-state index is 13.6. The molecule has 8 nitrogen and oxygen atoms in total. The highest BCUT2D eigenvalue weighted by Gasteiger charge is 2.21. The van der Waals surface area contributed by atoms with Crippen molar-refractivity contribution in [1.82, 2.24) is 9.55 Å². The van der Waals surface area contributed by atoms with Crippen LogP contribution in [0, 0.1) is 5.82 Å². The summed E-state index contributed by atoms with van der Waals surface area (Å²) >= 11 is 0. The standard InChI is InChI=1S/C25H21FN4O4/c1-34-20-12-10-19(11-13-20)30-24(32)21(23(31)29-25(30)33)22(28-18-8-3-2-4-9-18)27-15-16-6-5-7-17(26)14-16/h2-14,32H,15H2,1H3,(H,27,28)(H,29,31,33). The molecule has 0 aliphatic rings. The van der Waals surface area contributed by atoms with E-state index in [1.165, 1.54) is 19.2 Å². The number of methoxy groups -OCH3 is 1. The fourth-order valence-electron chi connectivity index (χ4n) is 3.35. The first kappa shape index (κ1) is 22.5. The number of halogens is 1. The van der Waals surface area contributed by atoms with Crippen molar-refractivity contribution in [2.24, 2.45) is 4.99 Å². The van der Waals surface area contributed by atoms with Crippen molar-refractivity contribution in [3.8, 4) is 17.3 Å². The lowest BCUT2D eigenvalue weighted by Crippen LogP contribution is -2.35. The molecule has 0 fully saturated rings. The number of nitrogens with zero attached hydrogens (tertiary/aromatic N) is 2. The predicted octanol–water partition coefficient (Wildman–Crippen LogP) is 3.44. The number of aromatic amines is 1. The van der Waals surface area contributed by atoms with E-state index < -0.39 is 22.9 Å². The Morgan fingerprint density at radius 1 is 1.06 bits per heavy atom. The van der Waals surface area contributed by atoms with Crippen molar-refractivity contribution >= 4 is 11.5 Å². The first-order valence-electron chi connectivity index (χ1n) is 10.3. The van der Waals surface area contributed by atoms with Crippen LogP contribution < -0.4 is 21.3 Å². The number of ether oxygens (including phenoxy) is 1. The maximum atomic E-state index is 13.6. The second-order valence-electron chi connectivity index (χ2n) is 7.28. The molecule has 4 aromatic rings. The van der Waals surface area contributed by atoms with Crippen LogP contribution in [-0.2, 0) is 6.54 Å². The van der Waals surface area contributed by atoms with Crippen LogP contribution in [0.1, 0.15) is 11.1 Å².